The molecule has 1 fully saturated rings. The summed E-state index contributed by atoms with van der Waals surface area (Å²) in [6.45, 7) is 8.53. The molecule has 7 heteroatoms. The SMILES string of the molecule is CC(C)(C)[C@H](c1nc(-c2ccccc2)nn1Cc1ccccc1)N1C[C@@H](CN)COCC1=O. The fourth-order valence-corrected chi connectivity index (χ4v) is 4.35. The first-order chi connectivity index (χ1) is 15.9. The normalized spacial score (nSPS) is 18.2. The van der Waals surface area contributed by atoms with E-state index in [1.165, 1.54) is 0 Å². The van der Waals surface area contributed by atoms with Gasteiger partial charge in [0.2, 0.25) is 5.91 Å². The van der Waals surface area contributed by atoms with Crippen molar-refractivity contribution in [2.24, 2.45) is 17.1 Å². The van der Waals surface area contributed by atoms with Crippen LogP contribution in [-0.2, 0) is 16.1 Å². The Bertz CT molecular complexity index is 1060. The number of ether oxygens (including phenoxy) is 1. The number of carbonyl (C=O) groups excluding carboxylic acids is 1. The second-order valence-corrected chi connectivity index (χ2v) is 9.73. The Morgan fingerprint density at radius 3 is 2.39 bits per heavy atom. The number of nitrogens with two attached hydrogens (primary N) is 1. The van der Waals surface area contributed by atoms with E-state index in [4.69, 9.17) is 20.6 Å². The minimum absolute atomic E-state index is 0.0404. The van der Waals surface area contributed by atoms with Gasteiger partial charge < -0.3 is 15.4 Å². The van der Waals surface area contributed by atoms with Crippen molar-refractivity contribution in [2.45, 2.75) is 33.4 Å². The van der Waals surface area contributed by atoms with Crippen LogP contribution in [0, 0.1) is 11.3 Å². The number of carbonyl (C=O) groups is 1. The van der Waals surface area contributed by atoms with E-state index in [0.29, 0.717) is 32.1 Å². The summed E-state index contributed by atoms with van der Waals surface area (Å²) in [5, 5.41) is 4.90. The lowest BCUT2D eigenvalue weighted by molar-refractivity contribution is -0.139. The van der Waals surface area contributed by atoms with Gasteiger partial charge in [-0.25, -0.2) is 9.67 Å². The lowest BCUT2D eigenvalue weighted by Crippen LogP contribution is -2.45. The van der Waals surface area contributed by atoms with E-state index in [9.17, 15) is 4.79 Å². The molecule has 1 saturated heterocycles. The minimum Gasteiger partial charge on any atom is -0.371 e. The second-order valence-electron chi connectivity index (χ2n) is 9.73. The fraction of sp³-hybridized carbons (Fsp3) is 0.423. The van der Waals surface area contributed by atoms with Gasteiger partial charge in [-0.3, -0.25) is 4.79 Å². The maximum Gasteiger partial charge on any atom is 0.249 e. The molecule has 174 valence electrons. The van der Waals surface area contributed by atoms with E-state index in [0.717, 1.165) is 17.0 Å². The number of amides is 1. The van der Waals surface area contributed by atoms with Gasteiger partial charge in [0.1, 0.15) is 6.61 Å². The van der Waals surface area contributed by atoms with Crippen LogP contribution in [0.2, 0.25) is 0 Å². The van der Waals surface area contributed by atoms with E-state index in [2.05, 4.69) is 32.9 Å². The highest BCUT2D eigenvalue weighted by atomic mass is 16.5. The van der Waals surface area contributed by atoms with Crippen molar-refractivity contribution in [3.05, 3.63) is 72.1 Å². The first-order valence-electron chi connectivity index (χ1n) is 11.5. The summed E-state index contributed by atoms with van der Waals surface area (Å²) in [5.74, 6) is 1.47. The zero-order valence-corrected chi connectivity index (χ0v) is 19.6. The van der Waals surface area contributed by atoms with Gasteiger partial charge in [0.15, 0.2) is 11.6 Å². The number of rotatable bonds is 6. The molecule has 3 aromatic rings. The molecule has 2 N–H and O–H groups in total. The molecular formula is C26H33N5O2. The molecule has 0 saturated carbocycles. The largest absolute Gasteiger partial charge is 0.371 e. The quantitative estimate of drug-likeness (QED) is 0.625. The molecule has 33 heavy (non-hydrogen) atoms. The molecule has 0 unspecified atom stereocenters. The molecule has 0 spiro atoms. The van der Waals surface area contributed by atoms with Crippen LogP contribution in [0.15, 0.2) is 60.7 Å². The van der Waals surface area contributed by atoms with Crippen LogP contribution in [-0.4, -0.2) is 51.9 Å². The minimum atomic E-state index is -0.283. The number of hydrogen-bond donors (Lipinski definition) is 1. The van der Waals surface area contributed by atoms with Gasteiger partial charge in [-0.2, -0.15) is 5.10 Å². The molecule has 4 rings (SSSR count). The zero-order chi connectivity index (χ0) is 23.4. The molecule has 0 bridgehead atoms. The Morgan fingerprint density at radius 1 is 1.09 bits per heavy atom. The van der Waals surface area contributed by atoms with Crippen molar-refractivity contribution in [3.8, 4) is 11.4 Å². The summed E-state index contributed by atoms with van der Waals surface area (Å²) in [5.41, 5.74) is 7.78. The zero-order valence-electron chi connectivity index (χ0n) is 19.6. The molecular weight excluding hydrogens is 414 g/mol. The van der Waals surface area contributed by atoms with Crippen molar-refractivity contribution in [3.63, 3.8) is 0 Å². The highest BCUT2D eigenvalue weighted by Crippen LogP contribution is 2.39. The molecule has 1 amide bonds. The highest BCUT2D eigenvalue weighted by Gasteiger charge is 2.40. The second kappa shape index (κ2) is 9.85. The molecule has 1 aromatic heterocycles. The lowest BCUT2D eigenvalue weighted by Gasteiger charge is -2.39. The monoisotopic (exact) mass is 447 g/mol. The van der Waals surface area contributed by atoms with E-state index >= 15 is 0 Å². The molecule has 2 atom stereocenters. The maximum atomic E-state index is 13.2. The number of aromatic nitrogens is 3. The van der Waals surface area contributed by atoms with E-state index < -0.39 is 0 Å². The summed E-state index contributed by atoms with van der Waals surface area (Å²) in [7, 11) is 0. The fourth-order valence-electron chi connectivity index (χ4n) is 4.35. The first-order valence-corrected chi connectivity index (χ1v) is 11.5. The first kappa shape index (κ1) is 23.1. The average Bonchev–Trinajstić information content (AvgIpc) is 3.11. The van der Waals surface area contributed by atoms with Crippen LogP contribution in [0.25, 0.3) is 11.4 Å². The predicted molar refractivity (Wildman–Crippen MR) is 128 cm³/mol. The van der Waals surface area contributed by atoms with Crippen LogP contribution >= 0.6 is 0 Å². The van der Waals surface area contributed by atoms with E-state index in [1.807, 2.05) is 58.1 Å². The summed E-state index contributed by atoms with van der Waals surface area (Å²) in [4.78, 5) is 20.1. The number of hydrogen-bond acceptors (Lipinski definition) is 5. The topological polar surface area (TPSA) is 86.3 Å². The van der Waals surface area contributed by atoms with Crippen LogP contribution in [0.3, 0.4) is 0 Å². The molecule has 2 heterocycles. The van der Waals surface area contributed by atoms with Gasteiger partial charge in [0.25, 0.3) is 0 Å². The Kier molecular flexibility index (Phi) is 6.91. The average molecular weight is 448 g/mol. The van der Waals surface area contributed by atoms with Crippen LogP contribution in [0.1, 0.15) is 38.2 Å². The molecule has 1 aliphatic rings. The summed E-state index contributed by atoms with van der Waals surface area (Å²) in [6, 6.07) is 19.9. The van der Waals surface area contributed by atoms with Crippen molar-refractivity contribution >= 4 is 5.91 Å². The van der Waals surface area contributed by atoms with Crippen LogP contribution in [0.4, 0.5) is 0 Å². The summed E-state index contributed by atoms with van der Waals surface area (Å²) in [6.07, 6.45) is 0. The smallest absolute Gasteiger partial charge is 0.249 e. The number of benzene rings is 2. The highest BCUT2D eigenvalue weighted by molar-refractivity contribution is 5.78. The Morgan fingerprint density at radius 2 is 1.76 bits per heavy atom. The third-order valence-electron chi connectivity index (χ3n) is 5.97. The Labute approximate surface area is 195 Å². The van der Waals surface area contributed by atoms with Gasteiger partial charge in [-0.15, -0.1) is 0 Å². The van der Waals surface area contributed by atoms with Crippen molar-refractivity contribution < 1.29 is 9.53 Å². The van der Waals surface area contributed by atoms with Gasteiger partial charge in [0, 0.05) is 18.0 Å². The van der Waals surface area contributed by atoms with E-state index in [-0.39, 0.29) is 29.9 Å². The predicted octanol–water partition coefficient (Wildman–Crippen LogP) is 3.51. The van der Waals surface area contributed by atoms with Crippen molar-refractivity contribution in [1.82, 2.24) is 19.7 Å². The summed E-state index contributed by atoms with van der Waals surface area (Å²) < 4.78 is 7.57. The molecule has 0 radical (unpaired) electrons. The third-order valence-corrected chi connectivity index (χ3v) is 5.97. The van der Waals surface area contributed by atoms with Gasteiger partial charge in [-0.05, 0) is 17.5 Å². The van der Waals surface area contributed by atoms with Gasteiger partial charge in [0.05, 0.1) is 19.2 Å². The maximum absolute atomic E-state index is 13.2. The molecule has 1 aliphatic heterocycles. The van der Waals surface area contributed by atoms with Crippen LogP contribution < -0.4 is 5.73 Å². The molecule has 2 aromatic carbocycles. The van der Waals surface area contributed by atoms with Gasteiger partial charge >= 0.3 is 0 Å². The van der Waals surface area contributed by atoms with Crippen molar-refractivity contribution in [2.75, 3.05) is 26.3 Å². The van der Waals surface area contributed by atoms with Crippen LogP contribution in [0.5, 0.6) is 0 Å². The lowest BCUT2D eigenvalue weighted by atomic mass is 9.84. The Hall–Kier alpha value is -3.03. The van der Waals surface area contributed by atoms with E-state index in [1.54, 1.807) is 0 Å². The Balaban J connectivity index is 1.83. The molecule has 7 nitrogen and oxygen atoms in total. The number of nitrogens with zero attached hydrogens (tertiary/aromatic N) is 4. The molecule has 0 aliphatic carbocycles. The van der Waals surface area contributed by atoms with Gasteiger partial charge in [-0.1, -0.05) is 81.4 Å². The summed E-state index contributed by atoms with van der Waals surface area (Å²) >= 11 is 0. The van der Waals surface area contributed by atoms with Crippen molar-refractivity contribution in [1.29, 1.82) is 0 Å². The standard InChI is InChI=1S/C26H33N5O2/c1-26(2,3)23(30-15-20(14-27)17-33-18-22(30)32)25-28-24(21-12-8-5-9-13-21)29-31(25)16-19-10-6-4-7-11-19/h4-13,20,23H,14-18,27H2,1-3H3/t20-,23+/m1/s1. The third kappa shape index (κ3) is 5.31.